The summed E-state index contributed by atoms with van der Waals surface area (Å²) in [6.45, 7) is 6.06. The molecule has 10 heteroatoms. The Morgan fingerprint density at radius 1 is 1.24 bits per heavy atom. The van der Waals surface area contributed by atoms with Gasteiger partial charge in [-0.25, -0.2) is 4.79 Å². The van der Waals surface area contributed by atoms with Crippen molar-refractivity contribution in [1.29, 1.82) is 0 Å². The molecule has 2 atom stereocenters. The summed E-state index contributed by atoms with van der Waals surface area (Å²) in [5.41, 5.74) is 2.04. The molecule has 4 amide bonds. The minimum atomic E-state index is -0.482. The summed E-state index contributed by atoms with van der Waals surface area (Å²) in [5, 5.41) is 20.2. The van der Waals surface area contributed by atoms with E-state index in [0.29, 0.717) is 22.9 Å². The third-order valence-electron chi connectivity index (χ3n) is 4.81. The molecule has 29 heavy (non-hydrogen) atoms. The Bertz CT molecular complexity index is 928. The van der Waals surface area contributed by atoms with Gasteiger partial charge >= 0.3 is 6.03 Å². The fourth-order valence-corrected chi connectivity index (χ4v) is 3.56. The lowest BCUT2D eigenvalue weighted by atomic mass is 10.00. The fraction of sp³-hybridized carbons (Fsp3) is 0.421. The Morgan fingerprint density at radius 3 is 2.76 bits per heavy atom. The number of nitrogens with zero attached hydrogens (tertiary/aromatic N) is 2. The van der Waals surface area contributed by atoms with Crippen LogP contribution in [0.25, 0.3) is 0 Å². The number of aromatic nitrogens is 2. The Hall–Kier alpha value is -3.01. The van der Waals surface area contributed by atoms with Crippen LogP contribution in [-0.2, 0) is 17.6 Å². The van der Waals surface area contributed by atoms with Gasteiger partial charge in [0.2, 0.25) is 11.0 Å². The summed E-state index contributed by atoms with van der Waals surface area (Å²) >= 11 is 1.33. The lowest BCUT2D eigenvalue weighted by Gasteiger charge is -2.21. The predicted molar refractivity (Wildman–Crippen MR) is 111 cm³/mol. The number of fused-ring (bicyclic) bond motifs is 1. The molecule has 1 aromatic carbocycles. The van der Waals surface area contributed by atoms with Gasteiger partial charge in [-0.05, 0) is 37.5 Å². The van der Waals surface area contributed by atoms with Crippen LogP contribution in [-0.4, -0.2) is 40.6 Å². The van der Waals surface area contributed by atoms with Gasteiger partial charge in [-0.15, -0.1) is 10.2 Å². The number of aryl methyl sites for hydroxylation is 1. The van der Waals surface area contributed by atoms with Gasteiger partial charge in [0.05, 0.1) is 5.92 Å². The summed E-state index contributed by atoms with van der Waals surface area (Å²) in [5.74, 6) is -0.872. The molecule has 154 valence electrons. The van der Waals surface area contributed by atoms with E-state index >= 15 is 0 Å². The van der Waals surface area contributed by atoms with Crippen LogP contribution in [0.4, 0.5) is 15.6 Å². The molecule has 9 nitrogen and oxygen atoms in total. The highest BCUT2D eigenvalue weighted by Crippen LogP contribution is 2.20. The average molecular weight is 417 g/mol. The van der Waals surface area contributed by atoms with Crippen molar-refractivity contribution in [2.45, 2.75) is 39.7 Å². The second-order valence-electron chi connectivity index (χ2n) is 6.90. The number of nitrogens with one attached hydrogen (secondary N) is 4. The maximum atomic E-state index is 12.4. The van der Waals surface area contributed by atoms with Crippen molar-refractivity contribution in [2.75, 3.05) is 17.2 Å². The van der Waals surface area contributed by atoms with E-state index in [1.807, 2.05) is 13.0 Å². The second-order valence-corrected chi connectivity index (χ2v) is 7.96. The molecule has 0 saturated carbocycles. The predicted octanol–water partition coefficient (Wildman–Crippen LogP) is 2.17. The van der Waals surface area contributed by atoms with Crippen molar-refractivity contribution in [2.24, 2.45) is 5.92 Å². The molecular weight excluding hydrogens is 392 g/mol. The van der Waals surface area contributed by atoms with E-state index in [4.69, 9.17) is 0 Å². The quantitative estimate of drug-likeness (QED) is 0.574. The highest BCUT2D eigenvalue weighted by Gasteiger charge is 2.23. The zero-order valence-electron chi connectivity index (χ0n) is 16.5. The van der Waals surface area contributed by atoms with Crippen molar-refractivity contribution < 1.29 is 14.4 Å². The average Bonchev–Trinajstić information content (AvgIpc) is 3.15. The molecular formula is C19H24N6O3S. The van der Waals surface area contributed by atoms with Gasteiger partial charge in [0.1, 0.15) is 5.01 Å². The van der Waals surface area contributed by atoms with E-state index < -0.39 is 18.0 Å². The lowest BCUT2D eigenvalue weighted by molar-refractivity contribution is -0.119. The zero-order chi connectivity index (χ0) is 21.0. The van der Waals surface area contributed by atoms with Crippen LogP contribution >= 0.6 is 11.3 Å². The monoisotopic (exact) mass is 416 g/mol. The first-order chi connectivity index (χ1) is 13.9. The van der Waals surface area contributed by atoms with Crippen LogP contribution in [0.15, 0.2) is 18.2 Å². The van der Waals surface area contributed by atoms with Crippen LogP contribution in [0.1, 0.15) is 41.7 Å². The van der Waals surface area contributed by atoms with Gasteiger partial charge in [0, 0.05) is 23.8 Å². The minimum Gasteiger partial charge on any atom is -0.352 e. The molecule has 2 unspecified atom stereocenters. The summed E-state index contributed by atoms with van der Waals surface area (Å²) in [7, 11) is 0. The molecule has 3 rings (SSSR count). The molecule has 1 aliphatic rings. The smallest absolute Gasteiger partial charge is 0.319 e. The van der Waals surface area contributed by atoms with Crippen LogP contribution < -0.4 is 21.3 Å². The highest BCUT2D eigenvalue weighted by molar-refractivity contribution is 7.15. The van der Waals surface area contributed by atoms with Crippen molar-refractivity contribution >= 4 is 40.0 Å². The molecule has 0 spiro atoms. The Labute approximate surface area is 172 Å². The van der Waals surface area contributed by atoms with E-state index in [0.717, 1.165) is 23.4 Å². The molecule has 1 aromatic heterocycles. The number of benzene rings is 1. The molecule has 1 aliphatic heterocycles. The number of urea groups is 1. The normalized spacial score (nSPS) is 14.9. The van der Waals surface area contributed by atoms with E-state index in [9.17, 15) is 14.4 Å². The second kappa shape index (κ2) is 8.99. The van der Waals surface area contributed by atoms with Gasteiger partial charge in [0.25, 0.3) is 5.91 Å². The lowest BCUT2D eigenvalue weighted by Crippen LogP contribution is -2.43. The van der Waals surface area contributed by atoms with Crippen molar-refractivity contribution in [3.05, 3.63) is 34.3 Å². The molecule has 0 saturated heterocycles. The van der Waals surface area contributed by atoms with E-state index in [2.05, 4.69) is 31.5 Å². The van der Waals surface area contributed by atoms with Gasteiger partial charge in [-0.3, -0.25) is 9.59 Å². The van der Waals surface area contributed by atoms with Gasteiger partial charge in [-0.2, -0.15) is 0 Å². The number of anilines is 2. The summed E-state index contributed by atoms with van der Waals surface area (Å²) in [6.07, 6.45) is 1.52. The van der Waals surface area contributed by atoms with Gasteiger partial charge in [0.15, 0.2) is 0 Å². The molecule has 2 heterocycles. The van der Waals surface area contributed by atoms with Crippen LogP contribution in [0.2, 0.25) is 0 Å². The third kappa shape index (κ3) is 5.08. The Kier molecular flexibility index (Phi) is 6.42. The number of carbonyl (C=O) groups excluding carboxylic acids is 3. The number of hydrogen-bond acceptors (Lipinski definition) is 6. The number of hydrogen-bond donors (Lipinski definition) is 4. The molecule has 2 aromatic rings. The first-order valence-corrected chi connectivity index (χ1v) is 10.3. The van der Waals surface area contributed by atoms with Crippen LogP contribution in [0, 0.1) is 5.92 Å². The molecule has 0 aliphatic carbocycles. The standard InChI is InChI=1S/C19H24N6O3S/c1-4-15-24-25-19(29-15)23-16(26)10(2)11(3)21-18(28)22-13-6-5-12-7-8-20-17(27)14(12)9-13/h5-6,9-11H,4,7-8H2,1-3H3,(H,20,27)(H2,21,22,28)(H,23,25,26). The minimum absolute atomic E-state index is 0.142. The number of carbonyl (C=O) groups is 3. The van der Waals surface area contributed by atoms with Crippen molar-refractivity contribution in [1.82, 2.24) is 20.8 Å². The zero-order valence-corrected chi connectivity index (χ0v) is 17.4. The summed E-state index contributed by atoms with van der Waals surface area (Å²) < 4.78 is 0. The van der Waals surface area contributed by atoms with E-state index in [1.54, 1.807) is 26.0 Å². The Morgan fingerprint density at radius 2 is 2.03 bits per heavy atom. The third-order valence-corrected chi connectivity index (χ3v) is 5.80. The molecule has 4 N–H and O–H groups in total. The van der Waals surface area contributed by atoms with Crippen LogP contribution in [0.5, 0.6) is 0 Å². The van der Waals surface area contributed by atoms with Gasteiger partial charge in [-0.1, -0.05) is 31.3 Å². The maximum absolute atomic E-state index is 12.4. The number of amides is 4. The van der Waals surface area contributed by atoms with Gasteiger partial charge < -0.3 is 21.3 Å². The summed E-state index contributed by atoms with van der Waals surface area (Å²) in [4.78, 5) is 36.7. The SMILES string of the molecule is CCc1nnc(NC(=O)C(C)C(C)NC(=O)Nc2ccc3c(c2)C(=O)NCC3)s1. The first kappa shape index (κ1) is 20.7. The maximum Gasteiger partial charge on any atom is 0.319 e. The van der Waals surface area contributed by atoms with Crippen LogP contribution in [0.3, 0.4) is 0 Å². The topological polar surface area (TPSA) is 125 Å². The molecule has 0 fully saturated rings. The van der Waals surface area contributed by atoms with E-state index in [1.165, 1.54) is 11.3 Å². The largest absolute Gasteiger partial charge is 0.352 e. The molecule has 0 radical (unpaired) electrons. The first-order valence-electron chi connectivity index (χ1n) is 9.49. The number of rotatable bonds is 6. The van der Waals surface area contributed by atoms with E-state index in [-0.39, 0.29) is 11.8 Å². The summed E-state index contributed by atoms with van der Waals surface area (Å²) in [6, 6.07) is 4.39. The fourth-order valence-electron chi connectivity index (χ4n) is 2.88. The molecule has 0 bridgehead atoms. The van der Waals surface area contributed by atoms with Crippen molar-refractivity contribution in [3.63, 3.8) is 0 Å². The Balaban J connectivity index is 1.55. The highest BCUT2D eigenvalue weighted by atomic mass is 32.1. The van der Waals surface area contributed by atoms with Crippen molar-refractivity contribution in [3.8, 4) is 0 Å².